The van der Waals surface area contributed by atoms with E-state index in [2.05, 4.69) is 0 Å². The van der Waals surface area contributed by atoms with Gasteiger partial charge in [0.25, 0.3) is 0 Å². The topological polar surface area (TPSA) is 267 Å². The lowest BCUT2D eigenvalue weighted by molar-refractivity contribution is -0.391. The van der Waals surface area contributed by atoms with Crippen LogP contribution in [0.2, 0.25) is 0 Å². The van der Waals surface area contributed by atoms with Crippen molar-refractivity contribution in [1.82, 2.24) is 0 Å². The van der Waals surface area contributed by atoms with Crippen LogP contribution in [0.1, 0.15) is 27.7 Å². The monoisotopic (exact) mass is 602 g/mol. The normalized spacial score (nSPS) is 56.9. The third-order valence-electron chi connectivity index (χ3n) is 8.05. The second kappa shape index (κ2) is 13.1. The molecule has 0 aliphatic carbocycles. The van der Waals surface area contributed by atoms with Gasteiger partial charge in [0, 0.05) is 0 Å². The second-order valence-electron chi connectivity index (χ2n) is 11.1. The average Bonchev–Trinajstić information content (AvgIpc) is 2.92. The molecule has 0 amide bonds. The highest BCUT2D eigenvalue weighted by atomic mass is 16.8. The van der Waals surface area contributed by atoms with Gasteiger partial charge in [-0.1, -0.05) is 0 Å². The van der Waals surface area contributed by atoms with Gasteiger partial charge >= 0.3 is 0 Å². The molecule has 240 valence electrons. The van der Waals surface area contributed by atoms with Crippen molar-refractivity contribution in [1.29, 1.82) is 0 Å². The summed E-state index contributed by atoms with van der Waals surface area (Å²) in [6.07, 6.45) is -29.7. The molecule has 17 nitrogen and oxygen atoms in total. The van der Waals surface area contributed by atoms with Crippen LogP contribution in [0.3, 0.4) is 0 Å². The van der Waals surface area contributed by atoms with Crippen molar-refractivity contribution in [2.24, 2.45) is 0 Å². The highest BCUT2D eigenvalue weighted by Gasteiger charge is 2.54. The number of aliphatic hydroxyl groups excluding tert-OH is 10. The number of ether oxygens (including phenoxy) is 7. The largest absolute Gasteiger partial charge is 0.388 e. The Morgan fingerprint density at radius 1 is 0.341 bits per heavy atom. The molecule has 4 fully saturated rings. The van der Waals surface area contributed by atoms with Crippen LogP contribution in [0.25, 0.3) is 0 Å². The molecular weight excluding hydrogens is 560 g/mol. The molecule has 4 saturated heterocycles. The maximum Gasteiger partial charge on any atom is 0.187 e. The lowest BCUT2D eigenvalue weighted by atomic mass is 9.96. The molecule has 4 aliphatic rings. The molecule has 41 heavy (non-hydrogen) atoms. The van der Waals surface area contributed by atoms with Crippen LogP contribution in [0.15, 0.2) is 0 Å². The van der Waals surface area contributed by atoms with Crippen molar-refractivity contribution in [2.75, 3.05) is 0 Å². The Balaban J connectivity index is 1.53. The van der Waals surface area contributed by atoms with E-state index in [9.17, 15) is 51.1 Å². The average molecular weight is 603 g/mol. The number of hydrogen-bond donors (Lipinski definition) is 10. The predicted octanol–water partition coefficient (Wildman–Crippen LogP) is -5.64. The fourth-order valence-corrected chi connectivity index (χ4v) is 5.29. The van der Waals surface area contributed by atoms with Gasteiger partial charge in [-0.3, -0.25) is 0 Å². The van der Waals surface area contributed by atoms with Gasteiger partial charge in [-0.05, 0) is 27.7 Å². The molecule has 4 heterocycles. The van der Waals surface area contributed by atoms with Crippen LogP contribution in [0, 0.1) is 0 Å². The fourth-order valence-electron chi connectivity index (χ4n) is 5.29. The quantitative estimate of drug-likeness (QED) is 0.136. The van der Waals surface area contributed by atoms with E-state index >= 15 is 0 Å². The SMILES string of the molecule is C[C@@H]1O[C@@H](O[C@H]2[C@H](O[C@@H]3[C@@H](O)[C@H](C)O[C@@H](O[C@@H]4[C@@H](O)[C@H](C)O[C@@H](O)[C@@H]4O)[C@@H]3O)O[C@@H](C)[C@H](O)[C@H]2O)[C@H](O)[C@H](O)[C@H]1O. The smallest absolute Gasteiger partial charge is 0.187 e. The number of aliphatic hydroxyl groups is 10. The zero-order chi connectivity index (χ0) is 30.5. The number of rotatable bonds is 6. The summed E-state index contributed by atoms with van der Waals surface area (Å²) in [5, 5.41) is 104. The third-order valence-corrected chi connectivity index (χ3v) is 8.05. The van der Waals surface area contributed by atoms with Gasteiger partial charge in [0.05, 0.1) is 24.4 Å². The highest BCUT2D eigenvalue weighted by molar-refractivity contribution is 4.96. The van der Waals surface area contributed by atoms with E-state index in [0.717, 1.165) is 0 Å². The molecule has 4 aliphatic heterocycles. The standard InChI is InChI=1S/C24H42O17/c1-5-9(25)13(29)15(31)22(36-5)41-20-14(30)10(26)6(2)38-24(20)40-19-12(28)8(4)37-23(17(19)33)39-18-11(27)7(3)35-21(34)16(18)32/h5-34H,1-4H3/t5-,6-,7-,8-,9-,10-,11-,12-,13+,14+,15+,16+,17+,18+,19+,20+,21+,22-,23-,24-/m0/s1. The summed E-state index contributed by atoms with van der Waals surface area (Å²) in [6.45, 7) is 5.69. The van der Waals surface area contributed by atoms with E-state index in [1.807, 2.05) is 0 Å². The van der Waals surface area contributed by atoms with E-state index in [0.29, 0.717) is 0 Å². The van der Waals surface area contributed by atoms with Crippen LogP contribution in [0.5, 0.6) is 0 Å². The third kappa shape index (κ3) is 6.57. The highest BCUT2D eigenvalue weighted by Crippen LogP contribution is 2.34. The van der Waals surface area contributed by atoms with Crippen molar-refractivity contribution in [3.8, 4) is 0 Å². The first-order valence-corrected chi connectivity index (χ1v) is 13.5. The molecule has 20 atom stereocenters. The maximum absolute atomic E-state index is 11.1. The molecular formula is C24H42O17. The van der Waals surface area contributed by atoms with Crippen LogP contribution >= 0.6 is 0 Å². The van der Waals surface area contributed by atoms with Crippen LogP contribution in [-0.2, 0) is 33.2 Å². The Morgan fingerprint density at radius 3 is 1.32 bits per heavy atom. The predicted molar refractivity (Wildman–Crippen MR) is 128 cm³/mol. The molecule has 0 saturated carbocycles. The van der Waals surface area contributed by atoms with E-state index in [-0.39, 0.29) is 0 Å². The minimum absolute atomic E-state index is 0.947. The van der Waals surface area contributed by atoms with Gasteiger partial charge in [-0.15, -0.1) is 0 Å². The Labute approximate surface area is 235 Å². The summed E-state index contributed by atoms with van der Waals surface area (Å²) in [4.78, 5) is 0. The van der Waals surface area contributed by atoms with E-state index in [1.165, 1.54) is 27.7 Å². The molecule has 10 N–H and O–H groups in total. The Bertz CT molecular complexity index is 839. The minimum atomic E-state index is -1.80. The molecule has 0 spiro atoms. The zero-order valence-corrected chi connectivity index (χ0v) is 22.9. The van der Waals surface area contributed by atoms with Crippen molar-refractivity contribution in [3.63, 3.8) is 0 Å². The Morgan fingerprint density at radius 2 is 0.732 bits per heavy atom. The summed E-state index contributed by atoms with van der Waals surface area (Å²) >= 11 is 0. The summed E-state index contributed by atoms with van der Waals surface area (Å²) in [5.41, 5.74) is 0. The van der Waals surface area contributed by atoms with Crippen molar-refractivity contribution in [2.45, 2.75) is 151 Å². The first-order chi connectivity index (χ1) is 19.1. The van der Waals surface area contributed by atoms with Gasteiger partial charge in [-0.2, -0.15) is 0 Å². The van der Waals surface area contributed by atoms with Crippen LogP contribution in [-0.4, -0.2) is 174 Å². The van der Waals surface area contributed by atoms with Gasteiger partial charge in [0.2, 0.25) is 0 Å². The lowest BCUT2D eigenvalue weighted by Gasteiger charge is -2.49. The van der Waals surface area contributed by atoms with E-state index in [4.69, 9.17) is 33.2 Å². The first-order valence-electron chi connectivity index (χ1n) is 13.5. The molecule has 4 rings (SSSR count). The lowest BCUT2D eigenvalue weighted by Crippen LogP contribution is -2.66. The summed E-state index contributed by atoms with van der Waals surface area (Å²) in [5.74, 6) is 0. The molecule has 0 bridgehead atoms. The first kappa shape index (κ1) is 33.2. The fraction of sp³-hybridized carbons (Fsp3) is 1.00. The van der Waals surface area contributed by atoms with E-state index in [1.54, 1.807) is 0 Å². The van der Waals surface area contributed by atoms with Gasteiger partial charge in [-0.25, -0.2) is 0 Å². The summed E-state index contributed by atoms with van der Waals surface area (Å²) < 4.78 is 38.9. The summed E-state index contributed by atoms with van der Waals surface area (Å²) in [6, 6.07) is 0. The van der Waals surface area contributed by atoms with Crippen molar-refractivity contribution in [3.05, 3.63) is 0 Å². The molecule has 0 radical (unpaired) electrons. The Hall–Kier alpha value is -0.680. The van der Waals surface area contributed by atoms with Crippen molar-refractivity contribution < 1.29 is 84.2 Å². The molecule has 0 aromatic heterocycles. The summed E-state index contributed by atoms with van der Waals surface area (Å²) in [7, 11) is 0. The molecule has 0 unspecified atom stereocenters. The zero-order valence-electron chi connectivity index (χ0n) is 22.9. The molecule has 17 heteroatoms. The second-order valence-corrected chi connectivity index (χ2v) is 11.1. The van der Waals surface area contributed by atoms with Gasteiger partial charge in [0.1, 0.15) is 73.2 Å². The maximum atomic E-state index is 11.1. The van der Waals surface area contributed by atoms with Crippen molar-refractivity contribution >= 4 is 0 Å². The number of hydrogen-bond acceptors (Lipinski definition) is 17. The molecule has 0 aromatic carbocycles. The Kier molecular flexibility index (Phi) is 10.6. The van der Waals surface area contributed by atoms with E-state index < -0.39 is 123 Å². The van der Waals surface area contributed by atoms with Gasteiger partial charge < -0.3 is 84.2 Å². The van der Waals surface area contributed by atoms with Crippen LogP contribution in [0.4, 0.5) is 0 Å². The molecule has 0 aromatic rings. The van der Waals surface area contributed by atoms with Gasteiger partial charge in [0.15, 0.2) is 25.2 Å². The van der Waals surface area contributed by atoms with Crippen LogP contribution < -0.4 is 0 Å². The minimum Gasteiger partial charge on any atom is -0.388 e.